The molecule has 3 rings (SSSR count). The van der Waals surface area contributed by atoms with Crippen molar-refractivity contribution >= 4 is 23.4 Å². The van der Waals surface area contributed by atoms with Crippen LogP contribution in [0, 0.1) is 0 Å². The number of hydrogen-bond donors (Lipinski definition) is 0. The first-order valence-electron chi connectivity index (χ1n) is 12.1. The molecule has 5 heteroatoms. The highest BCUT2D eigenvalue weighted by atomic mass is 35.5. The lowest BCUT2D eigenvalue weighted by molar-refractivity contribution is 0.563. The predicted molar refractivity (Wildman–Crippen MR) is 139 cm³/mol. The minimum absolute atomic E-state index is 0.735. The van der Waals surface area contributed by atoms with Crippen molar-refractivity contribution in [2.24, 2.45) is 0 Å². The Hall–Kier alpha value is -1.78. The molecule has 2 aromatic carbocycles. The SMILES string of the molecule is CCCCCCCCCCCCSc1nnc(-c2ccc(Cl)cc2)n1Cc1ccccc1. The van der Waals surface area contributed by atoms with E-state index in [-0.39, 0.29) is 0 Å². The minimum atomic E-state index is 0.735. The van der Waals surface area contributed by atoms with E-state index in [4.69, 9.17) is 11.6 Å². The Morgan fingerprint density at radius 3 is 2.03 bits per heavy atom. The molecule has 0 N–H and O–H groups in total. The summed E-state index contributed by atoms with van der Waals surface area (Å²) in [6.07, 6.45) is 13.6. The van der Waals surface area contributed by atoms with Gasteiger partial charge in [0.2, 0.25) is 0 Å². The quantitative estimate of drug-likeness (QED) is 0.165. The molecule has 0 saturated heterocycles. The van der Waals surface area contributed by atoms with Crippen LogP contribution in [0.15, 0.2) is 59.8 Å². The fraction of sp³-hybridized carbons (Fsp3) is 0.481. The Morgan fingerprint density at radius 1 is 0.750 bits per heavy atom. The highest BCUT2D eigenvalue weighted by Crippen LogP contribution is 2.27. The monoisotopic (exact) mass is 469 g/mol. The third-order valence-electron chi connectivity index (χ3n) is 5.73. The van der Waals surface area contributed by atoms with Gasteiger partial charge in [0.1, 0.15) is 0 Å². The van der Waals surface area contributed by atoms with Gasteiger partial charge in [-0.15, -0.1) is 10.2 Å². The molecule has 1 heterocycles. The average molecular weight is 470 g/mol. The van der Waals surface area contributed by atoms with Crippen molar-refractivity contribution in [3.8, 4) is 11.4 Å². The molecule has 0 bridgehead atoms. The van der Waals surface area contributed by atoms with Gasteiger partial charge in [-0.1, -0.05) is 118 Å². The van der Waals surface area contributed by atoms with Gasteiger partial charge in [0.25, 0.3) is 0 Å². The summed E-state index contributed by atoms with van der Waals surface area (Å²) in [6, 6.07) is 18.4. The van der Waals surface area contributed by atoms with Gasteiger partial charge in [-0.2, -0.15) is 0 Å². The van der Waals surface area contributed by atoms with Crippen LogP contribution >= 0.6 is 23.4 Å². The lowest BCUT2D eigenvalue weighted by Gasteiger charge is -2.11. The fourth-order valence-corrected chi connectivity index (χ4v) is 4.93. The van der Waals surface area contributed by atoms with Crippen LogP contribution in [0.25, 0.3) is 11.4 Å². The second-order valence-corrected chi connectivity index (χ2v) is 9.91. The summed E-state index contributed by atoms with van der Waals surface area (Å²) < 4.78 is 2.24. The van der Waals surface area contributed by atoms with E-state index < -0.39 is 0 Å². The minimum Gasteiger partial charge on any atom is -0.298 e. The number of hydrogen-bond acceptors (Lipinski definition) is 3. The van der Waals surface area contributed by atoms with E-state index in [1.807, 2.05) is 36.0 Å². The van der Waals surface area contributed by atoms with Crippen molar-refractivity contribution in [2.45, 2.75) is 82.8 Å². The number of benzene rings is 2. The Balaban J connectivity index is 1.50. The van der Waals surface area contributed by atoms with Crippen molar-refractivity contribution in [2.75, 3.05) is 5.75 Å². The summed E-state index contributed by atoms with van der Waals surface area (Å²) in [7, 11) is 0. The highest BCUT2D eigenvalue weighted by molar-refractivity contribution is 7.99. The summed E-state index contributed by atoms with van der Waals surface area (Å²) >= 11 is 7.91. The topological polar surface area (TPSA) is 30.7 Å². The molecule has 0 radical (unpaired) electrons. The molecule has 3 nitrogen and oxygen atoms in total. The van der Waals surface area contributed by atoms with Crippen LogP contribution in [-0.2, 0) is 6.54 Å². The molecule has 0 fully saturated rings. The van der Waals surface area contributed by atoms with Crippen LogP contribution in [-0.4, -0.2) is 20.5 Å². The maximum Gasteiger partial charge on any atom is 0.191 e. The van der Waals surface area contributed by atoms with E-state index >= 15 is 0 Å². The molecule has 172 valence electrons. The number of aromatic nitrogens is 3. The van der Waals surface area contributed by atoms with E-state index in [0.29, 0.717) is 0 Å². The first-order valence-corrected chi connectivity index (χ1v) is 13.5. The fourth-order valence-electron chi connectivity index (χ4n) is 3.87. The van der Waals surface area contributed by atoms with Crippen molar-refractivity contribution < 1.29 is 0 Å². The molecule has 0 amide bonds. The van der Waals surface area contributed by atoms with Crippen LogP contribution in [0.5, 0.6) is 0 Å². The van der Waals surface area contributed by atoms with Gasteiger partial charge in [-0.05, 0) is 36.2 Å². The molecule has 0 atom stereocenters. The van der Waals surface area contributed by atoms with Crippen molar-refractivity contribution in [3.63, 3.8) is 0 Å². The molecule has 0 aliphatic carbocycles. The third kappa shape index (κ3) is 8.29. The summed E-state index contributed by atoms with van der Waals surface area (Å²) in [5.74, 6) is 1.99. The standard InChI is InChI=1S/C27H36ClN3S/c1-2-3-4-5-6-7-8-9-10-14-21-32-27-30-29-26(24-17-19-25(28)20-18-24)31(27)22-23-15-12-11-13-16-23/h11-13,15-20H,2-10,14,21-22H2,1H3. The van der Waals surface area contributed by atoms with Crippen LogP contribution in [0.4, 0.5) is 0 Å². The molecule has 0 aliphatic heterocycles. The maximum atomic E-state index is 6.09. The third-order valence-corrected chi connectivity index (χ3v) is 7.04. The second-order valence-electron chi connectivity index (χ2n) is 8.42. The zero-order valence-electron chi connectivity index (χ0n) is 19.3. The summed E-state index contributed by atoms with van der Waals surface area (Å²) in [5.41, 5.74) is 2.30. The van der Waals surface area contributed by atoms with Crippen molar-refractivity contribution in [3.05, 3.63) is 65.2 Å². The van der Waals surface area contributed by atoms with Gasteiger partial charge in [-0.25, -0.2) is 0 Å². The predicted octanol–water partition coefficient (Wildman–Crippen LogP) is 8.66. The number of unbranched alkanes of at least 4 members (excludes halogenated alkanes) is 9. The normalized spacial score (nSPS) is 11.2. The van der Waals surface area contributed by atoms with Crippen molar-refractivity contribution in [1.82, 2.24) is 14.8 Å². The van der Waals surface area contributed by atoms with Crippen LogP contribution in [0.1, 0.15) is 76.7 Å². The molecular formula is C27H36ClN3S. The lowest BCUT2D eigenvalue weighted by atomic mass is 10.1. The zero-order valence-corrected chi connectivity index (χ0v) is 20.9. The van der Waals surface area contributed by atoms with E-state index in [9.17, 15) is 0 Å². The van der Waals surface area contributed by atoms with Gasteiger partial charge in [-0.3, -0.25) is 4.57 Å². The Morgan fingerprint density at radius 2 is 1.38 bits per heavy atom. The molecular weight excluding hydrogens is 434 g/mol. The first-order chi connectivity index (χ1) is 15.8. The molecule has 3 aromatic rings. The first kappa shape index (κ1) is 24.9. The molecule has 32 heavy (non-hydrogen) atoms. The molecule has 0 spiro atoms. The summed E-state index contributed by atoms with van der Waals surface area (Å²) in [5, 5.41) is 10.8. The van der Waals surface area contributed by atoms with E-state index in [2.05, 4.69) is 52.0 Å². The number of rotatable bonds is 15. The number of nitrogens with zero attached hydrogens (tertiary/aromatic N) is 3. The molecule has 0 aliphatic rings. The maximum absolute atomic E-state index is 6.09. The van der Waals surface area contributed by atoms with Crippen molar-refractivity contribution in [1.29, 1.82) is 0 Å². The van der Waals surface area contributed by atoms with Gasteiger partial charge >= 0.3 is 0 Å². The zero-order chi connectivity index (χ0) is 22.4. The molecule has 0 saturated carbocycles. The van der Waals surface area contributed by atoms with Crippen LogP contribution in [0.2, 0.25) is 5.02 Å². The van der Waals surface area contributed by atoms with Gasteiger partial charge in [0.15, 0.2) is 11.0 Å². The van der Waals surface area contributed by atoms with E-state index in [0.717, 1.165) is 33.9 Å². The van der Waals surface area contributed by atoms with Gasteiger partial charge < -0.3 is 0 Å². The summed E-state index contributed by atoms with van der Waals surface area (Å²) in [6.45, 7) is 3.05. The molecule has 1 aromatic heterocycles. The Labute approximate surface area is 203 Å². The van der Waals surface area contributed by atoms with Gasteiger partial charge in [0, 0.05) is 16.3 Å². The second kappa shape index (κ2) is 14.4. The Kier molecular flexibility index (Phi) is 11.2. The van der Waals surface area contributed by atoms with E-state index in [1.54, 1.807) is 0 Å². The lowest BCUT2D eigenvalue weighted by Crippen LogP contribution is -2.04. The smallest absolute Gasteiger partial charge is 0.191 e. The average Bonchev–Trinajstić information content (AvgIpc) is 3.21. The molecule has 0 unspecified atom stereocenters. The largest absolute Gasteiger partial charge is 0.298 e. The Bertz CT molecular complexity index is 893. The number of halogens is 1. The number of thioether (sulfide) groups is 1. The summed E-state index contributed by atoms with van der Waals surface area (Å²) in [4.78, 5) is 0. The van der Waals surface area contributed by atoms with E-state index in [1.165, 1.54) is 69.8 Å². The van der Waals surface area contributed by atoms with Gasteiger partial charge in [0.05, 0.1) is 6.54 Å². The van der Waals surface area contributed by atoms with Crippen LogP contribution in [0.3, 0.4) is 0 Å². The highest BCUT2D eigenvalue weighted by Gasteiger charge is 2.15. The van der Waals surface area contributed by atoms with Crippen LogP contribution < -0.4 is 0 Å².